The van der Waals surface area contributed by atoms with E-state index in [0.29, 0.717) is 16.2 Å². The van der Waals surface area contributed by atoms with Gasteiger partial charge in [-0.3, -0.25) is 4.79 Å². The van der Waals surface area contributed by atoms with Crippen LogP contribution < -0.4 is 5.32 Å². The zero-order chi connectivity index (χ0) is 26.3. The highest BCUT2D eigenvalue weighted by molar-refractivity contribution is 7.28. The summed E-state index contributed by atoms with van der Waals surface area (Å²) in [6.45, 7) is 2.24. The number of fused-ring (bicyclic) bond motifs is 2. The van der Waals surface area contributed by atoms with E-state index >= 15 is 0 Å². The second kappa shape index (κ2) is 12.3. The van der Waals surface area contributed by atoms with E-state index in [9.17, 15) is 9.90 Å². The van der Waals surface area contributed by atoms with Gasteiger partial charge in [-0.15, -0.1) is 21.6 Å². The molecule has 1 amide bonds. The molecular weight excluding hydrogens is 512 g/mol. The molecule has 2 N–H and O–H groups in total. The van der Waals surface area contributed by atoms with Crippen molar-refractivity contribution in [3.8, 4) is 5.75 Å². The number of phenolic OH excluding ortho intramolecular Hbond substituents is 1. The van der Waals surface area contributed by atoms with E-state index < -0.39 is 5.91 Å². The number of carbonyl (C=O) groups excluding carboxylic acids is 1. The molecule has 0 unspecified atom stereocenters. The molecule has 2 heterocycles. The number of phenols is 1. The Balaban J connectivity index is 1.35. The standard InChI is InChI=1S/C30H30N4O2S2/c1-2-3-4-5-6-10-16-22-19-25-29(37-22)32-30(38-25)34-33-26-23-17-12-11-13-20(23)18-24(27(26)35)28(36)31-21-14-8-7-9-15-21/h7-9,11-15,17-19,35H,2-6,10,16H2,1H3,(H,31,36). The largest absolute Gasteiger partial charge is 0.505 e. The number of thiazole rings is 1. The Hall–Kier alpha value is -3.62. The number of aromatic hydroxyl groups is 1. The summed E-state index contributed by atoms with van der Waals surface area (Å²) in [5.41, 5.74) is 1.04. The Morgan fingerprint density at radius 2 is 1.68 bits per heavy atom. The van der Waals surface area contributed by atoms with E-state index in [0.717, 1.165) is 21.3 Å². The van der Waals surface area contributed by atoms with E-state index in [2.05, 4.69) is 33.5 Å². The number of anilines is 1. The Morgan fingerprint density at radius 1 is 0.921 bits per heavy atom. The number of aromatic nitrogens is 1. The van der Waals surface area contributed by atoms with Crippen LogP contribution in [0.5, 0.6) is 5.75 Å². The third-order valence-electron chi connectivity index (χ3n) is 6.41. The maximum atomic E-state index is 13.0. The second-order valence-corrected chi connectivity index (χ2v) is 11.4. The Bertz CT molecular complexity index is 1540. The molecular formula is C30H30N4O2S2. The lowest BCUT2D eigenvalue weighted by Gasteiger charge is -2.11. The molecule has 8 heteroatoms. The summed E-state index contributed by atoms with van der Waals surface area (Å²) in [7, 11) is 0. The molecule has 0 aliphatic heterocycles. The summed E-state index contributed by atoms with van der Waals surface area (Å²) in [6, 6.07) is 20.5. The molecule has 5 rings (SSSR count). The van der Waals surface area contributed by atoms with Crippen LogP contribution in [0.2, 0.25) is 0 Å². The molecule has 0 saturated carbocycles. The van der Waals surface area contributed by atoms with Gasteiger partial charge in [0, 0.05) is 16.0 Å². The van der Waals surface area contributed by atoms with E-state index in [1.165, 1.54) is 54.7 Å². The number of hydrogen-bond acceptors (Lipinski definition) is 7. The summed E-state index contributed by atoms with van der Waals surface area (Å²) in [5, 5.41) is 24.7. The first kappa shape index (κ1) is 26.0. The highest BCUT2D eigenvalue weighted by Gasteiger charge is 2.19. The van der Waals surface area contributed by atoms with Gasteiger partial charge in [-0.1, -0.05) is 92.8 Å². The first-order chi connectivity index (χ1) is 18.6. The quantitative estimate of drug-likeness (QED) is 0.129. The number of amides is 1. The van der Waals surface area contributed by atoms with Gasteiger partial charge in [0.2, 0.25) is 5.13 Å². The number of aryl methyl sites for hydroxylation is 1. The number of rotatable bonds is 11. The number of para-hydroxylation sites is 1. The van der Waals surface area contributed by atoms with Crippen molar-refractivity contribution in [2.24, 2.45) is 10.2 Å². The zero-order valence-electron chi connectivity index (χ0n) is 21.3. The van der Waals surface area contributed by atoms with Crippen molar-refractivity contribution < 1.29 is 9.90 Å². The van der Waals surface area contributed by atoms with Crippen LogP contribution in [0.15, 0.2) is 77.0 Å². The average molecular weight is 543 g/mol. The molecule has 0 bridgehead atoms. The molecule has 38 heavy (non-hydrogen) atoms. The Labute approximate surface area is 230 Å². The molecule has 6 nitrogen and oxygen atoms in total. The number of carbonyl (C=O) groups is 1. The predicted octanol–water partition coefficient (Wildman–Crippen LogP) is 9.79. The van der Waals surface area contributed by atoms with Crippen molar-refractivity contribution in [3.05, 3.63) is 77.2 Å². The van der Waals surface area contributed by atoms with Crippen LogP contribution in [0.1, 0.15) is 60.7 Å². The molecule has 2 aromatic heterocycles. The topological polar surface area (TPSA) is 86.9 Å². The van der Waals surface area contributed by atoms with Crippen LogP contribution in [0, 0.1) is 0 Å². The highest BCUT2D eigenvalue weighted by Crippen LogP contribution is 2.41. The van der Waals surface area contributed by atoms with E-state index in [1.54, 1.807) is 29.5 Å². The normalized spacial score (nSPS) is 11.6. The van der Waals surface area contributed by atoms with E-state index in [1.807, 2.05) is 42.5 Å². The number of unbranched alkanes of at least 4 members (excludes halogenated alkanes) is 5. The summed E-state index contributed by atoms with van der Waals surface area (Å²) >= 11 is 3.21. The maximum Gasteiger partial charge on any atom is 0.259 e. The van der Waals surface area contributed by atoms with Gasteiger partial charge in [0.05, 0.1) is 10.3 Å². The first-order valence-electron chi connectivity index (χ1n) is 13.0. The number of hydrogen-bond donors (Lipinski definition) is 2. The average Bonchev–Trinajstić information content (AvgIpc) is 3.49. The number of nitrogens with zero attached hydrogens (tertiary/aromatic N) is 3. The minimum atomic E-state index is -0.413. The van der Waals surface area contributed by atoms with Crippen LogP contribution >= 0.6 is 22.7 Å². The van der Waals surface area contributed by atoms with Crippen LogP contribution in [-0.4, -0.2) is 16.0 Å². The van der Waals surface area contributed by atoms with Gasteiger partial charge in [0.1, 0.15) is 10.5 Å². The van der Waals surface area contributed by atoms with Crippen molar-refractivity contribution in [1.82, 2.24) is 4.98 Å². The molecule has 0 saturated heterocycles. The van der Waals surface area contributed by atoms with Gasteiger partial charge in [-0.2, -0.15) is 0 Å². The molecule has 5 aromatic rings. The monoisotopic (exact) mass is 542 g/mol. The summed E-state index contributed by atoms with van der Waals surface area (Å²) in [4.78, 5) is 20.0. The van der Waals surface area contributed by atoms with Gasteiger partial charge in [0.25, 0.3) is 5.91 Å². The van der Waals surface area contributed by atoms with Crippen molar-refractivity contribution in [2.75, 3.05) is 5.32 Å². The van der Waals surface area contributed by atoms with Crippen molar-refractivity contribution in [1.29, 1.82) is 0 Å². The Morgan fingerprint density at radius 3 is 2.50 bits per heavy atom. The van der Waals surface area contributed by atoms with Crippen LogP contribution in [0.4, 0.5) is 16.5 Å². The number of azo groups is 1. The molecule has 0 fully saturated rings. The van der Waals surface area contributed by atoms with Gasteiger partial charge >= 0.3 is 0 Å². The maximum absolute atomic E-state index is 13.0. The Kier molecular flexibility index (Phi) is 8.41. The molecule has 0 spiro atoms. The van der Waals surface area contributed by atoms with Crippen LogP contribution in [0.3, 0.4) is 0 Å². The second-order valence-electron chi connectivity index (χ2n) is 9.26. The molecule has 0 aliphatic rings. The lowest BCUT2D eigenvalue weighted by molar-refractivity contribution is 0.102. The number of benzene rings is 3. The SMILES string of the molecule is CCCCCCCCc1cc2sc(N=Nc3c(O)c(C(=O)Nc4ccccc4)cc4ccccc34)nc2s1. The minimum Gasteiger partial charge on any atom is -0.505 e. The summed E-state index contributed by atoms with van der Waals surface area (Å²) < 4.78 is 1.11. The fourth-order valence-electron chi connectivity index (χ4n) is 4.42. The fraction of sp³-hybridized carbons (Fsp3) is 0.267. The predicted molar refractivity (Wildman–Crippen MR) is 159 cm³/mol. The molecule has 194 valence electrons. The summed E-state index contributed by atoms with van der Waals surface area (Å²) in [6.07, 6.45) is 8.83. The van der Waals surface area contributed by atoms with Crippen LogP contribution in [0.25, 0.3) is 20.3 Å². The van der Waals surface area contributed by atoms with Crippen LogP contribution in [-0.2, 0) is 6.42 Å². The van der Waals surface area contributed by atoms with E-state index in [4.69, 9.17) is 0 Å². The first-order valence-corrected chi connectivity index (χ1v) is 14.7. The fourth-order valence-corrected chi connectivity index (χ4v) is 6.52. The minimum absolute atomic E-state index is 0.140. The lowest BCUT2D eigenvalue weighted by Crippen LogP contribution is -2.12. The van der Waals surface area contributed by atoms with Gasteiger partial charge in [0.15, 0.2) is 5.75 Å². The smallest absolute Gasteiger partial charge is 0.259 e. The van der Waals surface area contributed by atoms with Crippen molar-refractivity contribution >= 4 is 65.4 Å². The van der Waals surface area contributed by atoms with Crippen molar-refractivity contribution in [3.63, 3.8) is 0 Å². The van der Waals surface area contributed by atoms with E-state index in [-0.39, 0.29) is 17.0 Å². The van der Waals surface area contributed by atoms with Gasteiger partial charge in [-0.05, 0) is 42.5 Å². The van der Waals surface area contributed by atoms with Gasteiger partial charge in [-0.25, -0.2) is 4.98 Å². The third kappa shape index (κ3) is 6.09. The zero-order valence-corrected chi connectivity index (χ0v) is 22.9. The highest BCUT2D eigenvalue weighted by atomic mass is 32.1. The molecule has 0 atom stereocenters. The molecule has 0 aliphatic carbocycles. The number of nitrogens with one attached hydrogen (secondary N) is 1. The molecule has 0 radical (unpaired) electrons. The summed E-state index contributed by atoms with van der Waals surface area (Å²) in [5.74, 6) is -0.621. The molecule has 3 aromatic carbocycles. The number of thiophene rings is 1. The van der Waals surface area contributed by atoms with Gasteiger partial charge < -0.3 is 10.4 Å². The third-order valence-corrected chi connectivity index (χ3v) is 8.52. The van der Waals surface area contributed by atoms with Crippen molar-refractivity contribution in [2.45, 2.75) is 51.9 Å². The lowest BCUT2D eigenvalue weighted by atomic mass is 10.0.